The van der Waals surface area contributed by atoms with Crippen LogP contribution in [0.3, 0.4) is 0 Å². The molecular formula is C9H15NO5. The summed E-state index contributed by atoms with van der Waals surface area (Å²) in [5.74, 6) is -0.946. The standard InChI is InChI=1S/C9H15NO5/c1-14-5-4-10-3-2-7(6-8(11)12)15-9(10)13/h7H,2-6H2,1H3,(H,11,12). The molecule has 6 nitrogen and oxygen atoms in total. The zero-order valence-corrected chi connectivity index (χ0v) is 8.64. The number of hydrogen-bond acceptors (Lipinski definition) is 4. The minimum Gasteiger partial charge on any atom is -0.481 e. The predicted molar refractivity (Wildman–Crippen MR) is 50.6 cm³/mol. The summed E-state index contributed by atoms with van der Waals surface area (Å²) in [5, 5.41) is 8.53. The maximum Gasteiger partial charge on any atom is 0.410 e. The first kappa shape index (κ1) is 11.8. The van der Waals surface area contributed by atoms with Crippen molar-refractivity contribution in [3.63, 3.8) is 0 Å². The Kier molecular flexibility index (Phi) is 4.36. The second kappa shape index (κ2) is 5.55. The van der Waals surface area contributed by atoms with E-state index in [1.807, 2.05) is 0 Å². The predicted octanol–water partition coefficient (Wildman–Crippen LogP) is 0.318. The van der Waals surface area contributed by atoms with Crippen molar-refractivity contribution in [2.24, 2.45) is 0 Å². The van der Waals surface area contributed by atoms with E-state index in [1.165, 1.54) is 4.90 Å². The highest BCUT2D eigenvalue weighted by molar-refractivity contribution is 5.71. The van der Waals surface area contributed by atoms with Crippen molar-refractivity contribution in [3.05, 3.63) is 0 Å². The van der Waals surface area contributed by atoms with Gasteiger partial charge >= 0.3 is 12.1 Å². The molecule has 0 aromatic rings. The molecule has 6 heteroatoms. The first-order valence-corrected chi connectivity index (χ1v) is 4.79. The van der Waals surface area contributed by atoms with Crippen LogP contribution in [-0.2, 0) is 14.3 Å². The quantitative estimate of drug-likeness (QED) is 0.717. The average molecular weight is 217 g/mol. The van der Waals surface area contributed by atoms with E-state index in [9.17, 15) is 9.59 Å². The van der Waals surface area contributed by atoms with Crippen LogP contribution in [0.25, 0.3) is 0 Å². The van der Waals surface area contributed by atoms with Crippen LogP contribution in [0.1, 0.15) is 12.8 Å². The Morgan fingerprint density at radius 2 is 2.47 bits per heavy atom. The minimum absolute atomic E-state index is 0.121. The van der Waals surface area contributed by atoms with Gasteiger partial charge in [0, 0.05) is 26.6 Å². The number of hydrogen-bond donors (Lipinski definition) is 1. The average Bonchev–Trinajstić information content (AvgIpc) is 2.15. The number of methoxy groups -OCH3 is 1. The summed E-state index contributed by atoms with van der Waals surface area (Å²) >= 11 is 0. The molecular weight excluding hydrogens is 202 g/mol. The maximum atomic E-state index is 11.3. The van der Waals surface area contributed by atoms with Gasteiger partial charge in [0.2, 0.25) is 0 Å². The van der Waals surface area contributed by atoms with Gasteiger partial charge in [0.25, 0.3) is 0 Å². The van der Waals surface area contributed by atoms with Crippen molar-refractivity contribution in [3.8, 4) is 0 Å². The molecule has 0 saturated carbocycles. The van der Waals surface area contributed by atoms with E-state index in [1.54, 1.807) is 7.11 Å². The van der Waals surface area contributed by atoms with Gasteiger partial charge in [0.1, 0.15) is 6.10 Å². The normalized spacial score (nSPS) is 21.3. The van der Waals surface area contributed by atoms with Crippen LogP contribution in [0.4, 0.5) is 4.79 Å². The lowest BCUT2D eigenvalue weighted by atomic mass is 10.1. The Bertz CT molecular complexity index is 243. The lowest BCUT2D eigenvalue weighted by molar-refractivity contribution is -0.139. The Morgan fingerprint density at radius 3 is 3.00 bits per heavy atom. The van der Waals surface area contributed by atoms with Gasteiger partial charge in [0.05, 0.1) is 13.0 Å². The lowest BCUT2D eigenvalue weighted by Crippen LogP contribution is -2.43. The van der Waals surface area contributed by atoms with Gasteiger partial charge in [0.15, 0.2) is 0 Å². The zero-order chi connectivity index (χ0) is 11.3. The van der Waals surface area contributed by atoms with Crippen LogP contribution < -0.4 is 0 Å². The van der Waals surface area contributed by atoms with Gasteiger partial charge in [-0.15, -0.1) is 0 Å². The van der Waals surface area contributed by atoms with Crippen LogP contribution in [-0.4, -0.2) is 55.0 Å². The fourth-order valence-corrected chi connectivity index (χ4v) is 1.41. The van der Waals surface area contributed by atoms with Gasteiger partial charge in [-0.05, 0) is 0 Å². The third-order valence-electron chi connectivity index (χ3n) is 2.21. The number of rotatable bonds is 5. The van der Waals surface area contributed by atoms with E-state index >= 15 is 0 Å². The number of cyclic esters (lactones) is 1. The second-order valence-electron chi connectivity index (χ2n) is 3.37. The Hall–Kier alpha value is -1.30. The Morgan fingerprint density at radius 1 is 1.73 bits per heavy atom. The summed E-state index contributed by atoms with van der Waals surface area (Å²) in [6.07, 6.45) is -0.510. The van der Waals surface area contributed by atoms with Crippen LogP contribution >= 0.6 is 0 Å². The number of carbonyl (C=O) groups is 2. The number of carboxylic acid groups (broad SMARTS) is 1. The largest absolute Gasteiger partial charge is 0.481 e. The number of carbonyl (C=O) groups excluding carboxylic acids is 1. The van der Waals surface area contributed by atoms with Crippen molar-refractivity contribution < 1.29 is 24.2 Å². The molecule has 0 bridgehead atoms. The molecule has 15 heavy (non-hydrogen) atoms. The summed E-state index contributed by atoms with van der Waals surface area (Å²) in [7, 11) is 1.56. The second-order valence-corrected chi connectivity index (χ2v) is 3.37. The number of ether oxygens (including phenoxy) is 2. The SMILES string of the molecule is COCCN1CCC(CC(=O)O)OC1=O. The van der Waals surface area contributed by atoms with Gasteiger partial charge in [-0.1, -0.05) is 0 Å². The van der Waals surface area contributed by atoms with Crippen molar-refractivity contribution in [2.75, 3.05) is 26.8 Å². The van der Waals surface area contributed by atoms with E-state index in [0.29, 0.717) is 26.1 Å². The van der Waals surface area contributed by atoms with E-state index < -0.39 is 18.2 Å². The topological polar surface area (TPSA) is 76.1 Å². The highest BCUT2D eigenvalue weighted by Crippen LogP contribution is 2.14. The molecule has 1 saturated heterocycles. The van der Waals surface area contributed by atoms with Crippen molar-refractivity contribution in [1.29, 1.82) is 0 Å². The molecule has 0 aromatic carbocycles. The van der Waals surface area contributed by atoms with Gasteiger partial charge in [-0.2, -0.15) is 0 Å². The summed E-state index contributed by atoms with van der Waals surface area (Å²) < 4.78 is 9.80. The first-order chi connectivity index (χ1) is 7.13. The Labute approximate surface area is 87.8 Å². The van der Waals surface area contributed by atoms with Crippen molar-refractivity contribution >= 4 is 12.1 Å². The van der Waals surface area contributed by atoms with Gasteiger partial charge in [-0.25, -0.2) is 4.79 Å². The fraction of sp³-hybridized carbons (Fsp3) is 0.778. The molecule has 1 N–H and O–H groups in total. The smallest absolute Gasteiger partial charge is 0.410 e. The number of amides is 1. The molecule has 1 aliphatic heterocycles. The van der Waals surface area contributed by atoms with Crippen LogP contribution in [0.15, 0.2) is 0 Å². The zero-order valence-electron chi connectivity index (χ0n) is 8.64. The number of carboxylic acids is 1. The molecule has 1 fully saturated rings. The molecule has 1 unspecified atom stereocenters. The lowest BCUT2D eigenvalue weighted by Gasteiger charge is -2.30. The maximum absolute atomic E-state index is 11.3. The van der Waals surface area contributed by atoms with Crippen molar-refractivity contribution in [2.45, 2.75) is 18.9 Å². The van der Waals surface area contributed by atoms with Gasteiger partial charge < -0.3 is 19.5 Å². The molecule has 1 atom stereocenters. The minimum atomic E-state index is -0.946. The first-order valence-electron chi connectivity index (χ1n) is 4.79. The third kappa shape index (κ3) is 3.75. The highest BCUT2D eigenvalue weighted by atomic mass is 16.6. The summed E-state index contributed by atoms with van der Waals surface area (Å²) in [4.78, 5) is 23.3. The fourth-order valence-electron chi connectivity index (χ4n) is 1.41. The molecule has 1 rings (SSSR count). The highest BCUT2D eigenvalue weighted by Gasteiger charge is 2.27. The molecule has 0 aromatic heterocycles. The van der Waals surface area contributed by atoms with Crippen molar-refractivity contribution in [1.82, 2.24) is 4.90 Å². The number of nitrogens with zero attached hydrogens (tertiary/aromatic N) is 1. The molecule has 1 amide bonds. The molecule has 0 radical (unpaired) electrons. The summed E-state index contributed by atoms with van der Waals surface area (Å²) in [5.41, 5.74) is 0. The molecule has 0 aliphatic carbocycles. The van der Waals surface area contributed by atoms with Crippen LogP contribution in [0.5, 0.6) is 0 Å². The van der Waals surface area contributed by atoms with Crippen LogP contribution in [0.2, 0.25) is 0 Å². The van der Waals surface area contributed by atoms with Gasteiger partial charge in [-0.3, -0.25) is 4.79 Å². The third-order valence-corrected chi connectivity index (χ3v) is 2.21. The number of aliphatic carboxylic acids is 1. The van der Waals surface area contributed by atoms with E-state index in [0.717, 1.165) is 0 Å². The van der Waals surface area contributed by atoms with E-state index in [4.69, 9.17) is 14.6 Å². The monoisotopic (exact) mass is 217 g/mol. The molecule has 0 spiro atoms. The van der Waals surface area contributed by atoms with E-state index in [2.05, 4.69) is 0 Å². The molecule has 86 valence electrons. The summed E-state index contributed by atoms with van der Waals surface area (Å²) in [6, 6.07) is 0. The molecule has 1 aliphatic rings. The van der Waals surface area contributed by atoms with Crippen LogP contribution in [0, 0.1) is 0 Å². The molecule has 1 heterocycles. The van der Waals surface area contributed by atoms with E-state index in [-0.39, 0.29) is 6.42 Å². The Balaban J connectivity index is 2.34. The summed E-state index contributed by atoms with van der Waals surface area (Å²) in [6.45, 7) is 1.47.